The van der Waals surface area contributed by atoms with E-state index in [1.54, 1.807) is 30.3 Å². The zero-order chi connectivity index (χ0) is 19.1. The highest BCUT2D eigenvalue weighted by molar-refractivity contribution is 6.44. The van der Waals surface area contributed by atoms with Crippen molar-refractivity contribution in [1.29, 1.82) is 0 Å². The van der Waals surface area contributed by atoms with Crippen molar-refractivity contribution in [3.8, 4) is 0 Å². The summed E-state index contributed by atoms with van der Waals surface area (Å²) in [6.07, 6.45) is 1.59. The van der Waals surface area contributed by atoms with Gasteiger partial charge in [0.1, 0.15) is 0 Å². The molecule has 0 aliphatic heterocycles. The van der Waals surface area contributed by atoms with Crippen LogP contribution < -0.4 is 16.0 Å². The lowest BCUT2D eigenvalue weighted by Gasteiger charge is -2.13. The van der Waals surface area contributed by atoms with Crippen molar-refractivity contribution >= 4 is 58.0 Å². The van der Waals surface area contributed by atoms with Crippen LogP contribution in [0.25, 0.3) is 0 Å². The Hall–Kier alpha value is -2.21. The maximum Gasteiger partial charge on any atom is 0.253 e. The van der Waals surface area contributed by atoms with Crippen molar-refractivity contribution in [2.45, 2.75) is 0 Å². The summed E-state index contributed by atoms with van der Waals surface area (Å²) in [6.45, 7) is 3.84. The average molecular weight is 413 g/mol. The van der Waals surface area contributed by atoms with Gasteiger partial charge in [-0.2, -0.15) is 0 Å². The van der Waals surface area contributed by atoms with E-state index in [1.165, 1.54) is 12.1 Å². The third-order valence-corrected chi connectivity index (χ3v) is 4.34. The summed E-state index contributed by atoms with van der Waals surface area (Å²) in [7, 11) is 0. The van der Waals surface area contributed by atoms with Crippen LogP contribution in [0.4, 0.5) is 11.4 Å². The van der Waals surface area contributed by atoms with Gasteiger partial charge in [0.2, 0.25) is 5.91 Å². The molecule has 5 nitrogen and oxygen atoms in total. The highest BCUT2D eigenvalue weighted by atomic mass is 35.5. The van der Waals surface area contributed by atoms with Crippen molar-refractivity contribution in [2.75, 3.05) is 23.7 Å². The summed E-state index contributed by atoms with van der Waals surface area (Å²) in [4.78, 5) is 24.3. The Balaban J connectivity index is 2.03. The first-order valence-corrected chi connectivity index (χ1v) is 8.72. The maximum atomic E-state index is 12.2. The van der Waals surface area contributed by atoms with Gasteiger partial charge in [0, 0.05) is 12.2 Å². The van der Waals surface area contributed by atoms with Gasteiger partial charge >= 0.3 is 0 Å². The quantitative estimate of drug-likeness (QED) is 0.459. The molecule has 0 aliphatic rings. The minimum absolute atomic E-state index is 0.0671. The number of amides is 2. The number of benzene rings is 2. The van der Waals surface area contributed by atoms with Gasteiger partial charge in [0.15, 0.2) is 0 Å². The number of hydrogen-bond acceptors (Lipinski definition) is 3. The smallest absolute Gasteiger partial charge is 0.253 e. The lowest BCUT2D eigenvalue weighted by Crippen LogP contribution is -2.26. The Morgan fingerprint density at radius 3 is 2.42 bits per heavy atom. The zero-order valence-electron chi connectivity index (χ0n) is 13.6. The second-order valence-electron chi connectivity index (χ2n) is 5.19. The molecule has 0 heterocycles. The van der Waals surface area contributed by atoms with Crippen LogP contribution in [0, 0.1) is 0 Å². The van der Waals surface area contributed by atoms with E-state index in [4.69, 9.17) is 34.8 Å². The molecule has 2 amide bonds. The molecule has 0 aromatic heterocycles. The normalized spacial score (nSPS) is 10.1. The Kier molecular flexibility index (Phi) is 7.33. The van der Waals surface area contributed by atoms with Gasteiger partial charge in [0.05, 0.1) is 32.9 Å². The molecule has 0 unspecified atom stereocenters. The van der Waals surface area contributed by atoms with E-state index < -0.39 is 0 Å². The predicted molar refractivity (Wildman–Crippen MR) is 108 cm³/mol. The summed E-state index contributed by atoms with van der Waals surface area (Å²) in [5.74, 6) is -0.618. The molecule has 2 aromatic carbocycles. The fraction of sp³-hybridized carbons (Fsp3) is 0.111. The van der Waals surface area contributed by atoms with Crippen molar-refractivity contribution in [3.05, 3.63) is 69.7 Å². The fourth-order valence-corrected chi connectivity index (χ4v) is 2.68. The van der Waals surface area contributed by atoms with Crippen LogP contribution >= 0.6 is 34.8 Å². The van der Waals surface area contributed by atoms with Gasteiger partial charge in [0.25, 0.3) is 5.91 Å². The number of para-hydroxylation sites is 1. The molecule has 0 saturated carbocycles. The van der Waals surface area contributed by atoms with Gasteiger partial charge in [-0.15, -0.1) is 6.58 Å². The Bertz CT molecular complexity index is 840. The van der Waals surface area contributed by atoms with Crippen LogP contribution in [-0.2, 0) is 4.79 Å². The van der Waals surface area contributed by atoms with Crippen LogP contribution in [0.15, 0.2) is 49.1 Å². The molecule has 0 bridgehead atoms. The van der Waals surface area contributed by atoms with E-state index >= 15 is 0 Å². The molecule has 8 heteroatoms. The van der Waals surface area contributed by atoms with Crippen LogP contribution in [0.2, 0.25) is 15.1 Å². The average Bonchev–Trinajstić information content (AvgIpc) is 2.62. The summed E-state index contributed by atoms with van der Waals surface area (Å²) in [6, 6.07) is 9.80. The van der Waals surface area contributed by atoms with Crippen molar-refractivity contribution in [1.82, 2.24) is 5.32 Å². The van der Waals surface area contributed by atoms with E-state index in [2.05, 4.69) is 22.5 Å². The standard InChI is InChI=1S/C18H16Cl3N3O2/c1-2-7-22-18(26)11-5-3-4-6-15(11)23-10-17(25)24-16-9-13(20)12(19)8-14(16)21/h2-6,8-9,23H,1,7,10H2,(H,22,26)(H,24,25). The lowest BCUT2D eigenvalue weighted by molar-refractivity contribution is -0.114. The second-order valence-corrected chi connectivity index (χ2v) is 6.41. The molecule has 0 aliphatic carbocycles. The Morgan fingerprint density at radius 2 is 1.69 bits per heavy atom. The molecule has 0 saturated heterocycles. The van der Waals surface area contributed by atoms with E-state index in [-0.39, 0.29) is 28.4 Å². The lowest BCUT2D eigenvalue weighted by atomic mass is 10.1. The molecular weight excluding hydrogens is 397 g/mol. The summed E-state index contributed by atoms with van der Waals surface area (Å²) in [5, 5.41) is 9.12. The molecule has 136 valence electrons. The zero-order valence-corrected chi connectivity index (χ0v) is 15.9. The molecule has 0 spiro atoms. The molecule has 2 rings (SSSR count). The van der Waals surface area contributed by atoms with Gasteiger partial charge in [-0.05, 0) is 24.3 Å². The Labute approximate surface area is 166 Å². The minimum atomic E-state index is -0.355. The molecule has 26 heavy (non-hydrogen) atoms. The molecule has 3 N–H and O–H groups in total. The van der Waals surface area contributed by atoms with Crippen LogP contribution in [0.1, 0.15) is 10.4 Å². The number of carbonyl (C=O) groups is 2. The highest BCUT2D eigenvalue weighted by Crippen LogP contribution is 2.32. The van der Waals surface area contributed by atoms with Crippen molar-refractivity contribution in [2.24, 2.45) is 0 Å². The topological polar surface area (TPSA) is 70.2 Å². The molecular formula is C18H16Cl3N3O2. The third kappa shape index (κ3) is 5.39. The van der Waals surface area contributed by atoms with Gasteiger partial charge in [-0.25, -0.2) is 0 Å². The van der Waals surface area contributed by atoms with Gasteiger partial charge in [-0.1, -0.05) is 53.0 Å². The first-order chi connectivity index (χ1) is 12.4. The van der Waals surface area contributed by atoms with E-state index in [0.29, 0.717) is 28.5 Å². The van der Waals surface area contributed by atoms with E-state index in [0.717, 1.165) is 0 Å². The maximum absolute atomic E-state index is 12.2. The predicted octanol–water partition coefficient (Wildman–Crippen LogP) is 4.61. The SMILES string of the molecule is C=CCNC(=O)c1ccccc1NCC(=O)Nc1cc(Cl)c(Cl)cc1Cl. The van der Waals surface area contributed by atoms with E-state index in [9.17, 15) is 9.59 Å². The van der Waals surface area contributed by atoms with Crippen molar-refractivity contribution < 1.29 is 9.59 Å². The summed E-state index contributed by atoms with van der Waals surface area (Å²) < 4.78 is 0. The number of carbonyl (C=O) groups excluding carboxylic acids is 2. The highest BCUT2D eigenvalue weighted by Gasteiger charge is 2.12. The van der Waals surface area contributed by atoms with Crippen molar-refractivity contribution in [3.63, 3.8) is 0 Å². The molecule has 2 aromatic rings. The number of rotatable bonds is 7. The number of hydrogen-bond donors (Lipinski definition) is 3. The monoisotopic (exact) mass is 411 g/mol. The van der Waals surface area contributed by atoms with Crippen LogP contribution in [0.3, 0.4) is 0 Å². The number of nitrogens with one attached hydrogen (secondary N) is 3. The van der Waals surface area contributed by atoms with Crippen LogP contribution in [0.5, 0.6) is 0 Å². The second kappa shape index (κ2) is 9.48. The first-order valence-electron chi connectivity index (χ1n) is 7.58. The Morgan fingerprint density at radius 1 is 1.00 bits per heavy atom. The number of anilines is 2. The summed E-state index contributed by atoms with van der Waals surface area (Å²) >= 11 is 17.8. The first kappa shape index (κ1) is 20.1. The molecule has 0 atom stereocenters. The van der Waals surface area contributed by atoms with Gasteiger partial charge in [-0.3, -0.25) is 9.59 Å². The third-order valence-electron chi connectivity index (χ3n) is 3.30. The summed E-state index contributed by atoms with van der Waals surface area (Å²) in [5.41, 5.74) is 1.31. The minimum Gasteiger partial charge on any atom is -0.376 e. The van der Waals surface area contributed by atoms with Gasteiger partial charge < -0.3 is 16.0 Å². The van der Waals surface area contributed by atoms with Crippen LogP contribution in [-0.4, -0.2) is 24.9 Å². The van der Waals surface area contributed by atoms with E-state index in [1.807, 2.05) is 0 Å². The largest absolute Gasteiger partial charge is 0.376 e. The number of halogens is 3. The molecule has 0 radical (unpaired) electrons. The fourth-order valence-electron chi connectivity index (χ4n) is 2.08. The molecule has 0 fully saturated rings.